The van der Waals surface area contributed by atoms with Crippen molar-refractivity contribution in [2.75, 3.05) is 12.3 Å². The van der Waals surface area contributed by atoms with E-state index in [0.29, 0.717) is 0 Å². The van der Waals surface area contributed by atoms with Crippen molar-refractivity contribution in [1.29, 1.82) is 0 Å². The minimum atomic E-state index is 0.816. The SMILES string of the molecule is Cc1ccc(SCCCNC2CCCC2)cc1C. The van der Waals surface area contributed by atoms with Crippen LogP contribution in [-0.2, 0) is 0 Å². The van der Waals surface area contributed by atoms with Crippen molar-refractivity contribution in [3.8, 4) is 0 Å². The van der Waals surface area contributed by atoms with Crippen LogP contribution in [0.15, 0.2) is 23.1 Å². The van der Waals surface area contributed by atoms with Crippen LogP contribution in [0.2, 0.25) is 0 Å². The lowest BCUT2D eigenvalue weighted by Gasteiger charge is -2.11. The van der Waals surface area contributed by atoms with E-state index < -0.39 is 0 Å². The zero-order valence-electron chi connectivity index (χ0n) is 11.7. The van der Waals surface area contributed by atoms with E-state index in [1.807, 2.05) is 11.8 Å². The fourth-order valence-electron chi connectivity index (χ4n) is 2.50. The Balaban J connectivity index is 1.61. The summed E-state index contributed by atoms with van der Waals surface area (Å²) in [4.78, 5) is 1.42. The molecule has 18 heavy (non-hydrogen) atoms. The molecule has 1 nitrogen and oxygen atoms in total. The molecule has 1 aliphatic carbocycles. The molecule has 0 bridgehead atoms. The van der Waals surface area contributed by atoms with Gasteiger partial charge in [0, 0.05) is 10.9 Å². The molecule has 1 aliphatic rings. The van der Waals surface area contributed by atoms with Crippen LogP contribution in [0.25, 0.3) is 0 Å². The highest BCUT2D eigenvalue weighted by atomic mass is 32.2. The molecule has 1 aromatic rings. The van der Waals surface area contributed by atoms with E-state index in [0.717, 1.165) is 6.04 Å². The number of benzene rings is 1. The molecule has 0 aromatic heterocycles. The van der Waals surface area contributed by atoms with Crippen molar-refractivity contribution < 1.29 is 0 Å². The van der Waals surface area contributed by atoms with Gasteiger partial charge in [-0.25, -0.2) is 0 Å². The van der Waals surface area contributed by atoms with Crippen LogP contribution in [0.1, 0.15) is 43.2 Å². The Morgan fingerprint density at radius 1 is 1.17 bits per heavy atom. The predicted octanol–water partition coefficient (Wildman–Crippen LogP) is 4.32. The molecule has 2 heteroatoms. The highest BCUT2D eigenvalue weighted by Crippen LogP contribution is 2.22. The maximum atomic E-state index is 3.68. The van der Waals surface area contributed by atoms with Gasteiger partial charge in [-0.1, -0.05) is 18.9 Å². The third-order valence-corrected chi connectivity index (χ3v) is 4.94. The Bertz CT molecular complexity index is 369. The zero-order valence-corrected chi connectivity index (χ0v) is 12.5. The average molecular weight is 263 g/mol. The van der Waals surface area contributed by atoms with Gasteiger partial charge in [0.05, 0.1) is 0 Å². The quantitative estimate of drug-likeness (QED) is 0.606. The van der Waals surface area contributed by atoms with Crippen molar-refractivity contribution >= 4 is 11.8 Å². The third kappa shape index (κ3) is 4.33. The van der Waals surface area contributed by atoms with Gasteiger partial charge in [-0.15, -0.1) is 11.8 Å². The Morgan fingerprint density at radius 3 is 2.67 bits per heavy atom. The van der Waals surface area contributed by atoms with Gasteiger partial charge in [-0.05, 0) is 68.7 Å². The lowest BCUT2D eigenvalue weighted by Crippen LogP contribution is -2.27. The highest BCUT2D eigenvalue weighted by Gasteiger charge is 2.13. The maximum Gasteiger partial charge on any atom is 0.00747 e. The van der Waals surface area contributed by atoms with Gasteiger partial charge >= 0.3 is 0 Å². The van der Waals surface area contributed by atoms with E-state index in [2.05, 4.69) is 37.4 Å². The minimum absolute atomic E-state index is 0.816. The molecule has 1 N–H and O–H groups in total. The van der Waals surface area contributed by atoms with Gasteiger partial charge in [0.1, 0.15) is 0 Å². The molecule has 0 radical (unpaired) electrons. The van der Waals surface area contributed by atoms with E-state index >= 15 is 0 Å². The lowest BCUT2D eigenvalue weighted by atomic mass is 10.1. The Kier molecular flexibility index (Phi) is 5.58. The summed E-state index contributed by atoms with van der Waals surface area (Å²) in [5, 5.41) is 3.68. The summed E-state index contributed by atoms with van der Waals surface area (Å²) in [6.07, 6.45) is 6.91. The molecule has 0 aliphatic heterocycles. The van der Waals surface area contributed by atoms with Gasteiger partial charge in [-0.2, -0.15) is 0 Å². The van der Waals surface area contributed by atoms with Crippen molar-refractivity contribution in [2.45, 2.75) is 56.9 Å². The summed E-state index contributed by atoms with van der Waals surface area (Å²) in [6, 6.07) is 7.60. The predicted molar refractivity (Wildman–Crippen MR) is 81.5 cm³/mol. The molecule has 1 fully saturated rings. The van der Waals surface area contributed by atoms with Crippen molar-refractivity contribution in [3.05, 3.63) is 29.3 Å². The highest BCUT2D eigenvalue weighted by molar-refractivity contribution is 7.99. The van der Waals surface area contributed by atoms with Gasteiger partial charge in [0.25, 0.3) is 0 Å². The summed E-state index contributed by atoms with van der Waals surface area (Å²) in [5.41, 5.74) is 2.80. The summed E-state index contributed by atoms with van der Waals surface area (Å²) in [7, 11) is 0. The zero-order chi connectivity index (χ0) is 12.8. The number of nitrogens with one attached hydrogen (secondary N) is 1. The first kappa shape index (κ1) is 14.0. The molecular weight excluding hydrogens is 238 g/mol. The van der Waals surface area contributed by atoms with Gasteiger partial charge < -0.3 is 5.32 Å². The number of aryl methyl sites for hydroxylation is 2. The molecule has 1 saturated carbocycles. The van der Waals surface area contributed by atoms with E-state index in [-0.39, 0.29) is 0 Å². The van der Waals surface area contributed by atoms with Gasteiger partial charge in [0.15, 0.2) is 0 Å². The smallest absolute Gasteiger partial charge is 0.00747 e. The molecule has 0 unspecified atom stereocenters. The molecule has 100 valence electrons. The molecule has 2 rings (SSSR count). The second-order valence-corrected chi connectivity index (χ2v) is 6.55. The largest absolute Gasteiger partial charge is 0.314 e. The molecule has 0 spiro atoms. The maximum absolute atomic E-state index is 3.68. The van der Waals surface area contributed by atoms with Crippen LogP contribution in [0.4, 0.5) is 0 Å². The summed E-state index contributed by atoms with van der Waals surface area (Å²) >= 11 is 1.99. The molecule has 0 heterocycles. The van der Waals surface area contributed by atoms with Crippen LogP contribution < -0.4 is 5.32 Å². The Hall–Kier alpha value is -0.470. The molecule has 0 atom stereocenters. The lowest BCUT2D eigenvalue weighted by molar-refractivity contribution is 0.525. The number of rotatable bonds is 6. The topological polar surface area (TPSA) is 12.0 Å². The first-order chi connectivity index (χ1) is 8.75. The average Bonchev–Trinajstić information content (AvgIpc) is 2.86. The van der Waals surface area contributed by atoms with Crippen LogP contribution in [0.3, 0.4) is 0 Å². The van der Waals surface area contributed by atoms with Gasteiger partial charge in [-0.3, -0.25) is 0 Å². The standard InChI is InChI=1S/C16H25NS/c1-13-8-9-16(12-14(13)2)18-11-5-10-17-15-6-3-4-7-15/h8-9,12,15,17H,3-7,10-11H2,1-2H3. The van der Waals surface area contributed by atoms with E-state index in [1.54, 1.807) is 0 Å². The minimum Gasteiger partial charge on any atom is -0.314 e. The van der Waals surface area contributed by atoms with Crippen molar-refractivity contribution in [2.24, 2.45) is 0 Å². The fourth-order valence-corrected chi connectivity index (χ4v) is 3.45. The summed E-state index contributed by atoms with van der Waals surface area (Å²) in [5.74, 6) is 1.22. The van der Waals surface area contributed by atoms with E-state index in [4.69, 9.17) is 0 Å². The number of hydrogen-bond acceptors (Lipinski definition) is 2. The van der Waals surface area contributed by atoms with Crippen LogP contribution in [-0.4, -0.2) is 18.3 Å². The number of thioether (sulfide) groups is 1. The van der Waals surface area contributed by atoms with Crippen molar-refractivity contribution in [3.63, 3.8) is 0 Å². The summed E-state index contributed by atoms with van der Waals surface area (Å²) < 4.78 is 0. The van der Waals surface area contributed by atoms with Crippen molar-refractivity contribution in [1.82, 2.24) is 5.32 Å². The molecule has 1 aromatic carbocycles. The van der Waals surface area contributed by atoms with Crippen LogP contribution in [0.5, 0.6) is 0 Å². The second-order valence-electron chi connectivity index (χ2n) is 5.38. The molecule has 0 amide bonds. The first-order valence-electron chi connectivity index (χ1n) is 7.19. The normalized spacial score (nSPS) is 16.3. The first-order valence-corrected chi connectivity index (χ1v) is 8.18. The number of hydrogen-bond donors (Lipinski definition) is 1. The fraction of sp³-hybridized carbons (Fsp3) is 0.625. The van der Waals surface area contributed by atoms with Crippen LogP contribution in [0, 0.1) is 13.8 Å². The second kappa shape index (κ2) is 7.20. The third-order valence-electron chi connectivity index (χ3n) is 3.86. The molecular formula is C16H25NS. The van der Waals surface area contributed by atoms with E-state index in [9.17, 15) is 0 Å². The molecule has 0 saturated heterocycles. The van der Waals surface area contributed by atoms with E-state index in [1.165, 1.54) is 60.4 Å². The monoisotopic (exact) mass is 263 g/mol. The Morgan fingerprint density at radius 2 is 1.94 bits per heavy atom. The summed E-state index contributed by atoms with van der Waals surface area (Å²) in [6.45, 7) is 5.55. The van der Waals surface area contributed by atoms with Gasteiger partial charge in [0.2, 0.25) is 0 Å². The Labute approximate surface area is 116 Å². The van der Waals surface area contributed by atoms with Crippen LogP contribution >= 0.6 is 11.8 Å².